The Morgan fingerprint density at radius 2 is 1.86 bits per heavy atom. The van der Waals surface area contributed by atoms with Crippen LogP contribution in [0.1, 0.15) is 42.1 Å². The molecule has 1 fully saturated rings. The van der Waals surface area contributed by atoms with Crippen LogP contribution in [0.4, 0.5) is 20.3 Å². The summed E-state index contributed by atoms with van der Waals surface area (Å²) in [5, 5.41) is 4.44. The van der Waals surface area contributed by atoms with E-state index >= 15 is 0 Å². The lowest BCUT2D eigenvalue weighted by Crippen LogP contribution is -2.35. The number of hydrogen-bond acceptors (Lipinski definition) is 3. The van der Waals surface area contributed by atoms with E-state index in [4.69, 9.17) is 0 Å². The maximum Gasteiger partial charge on any atom is 0.256 e. The molecule has 0 spiro atoms. The van der Waals surface area contributed by atoms with E-state index in [2.05, 4.69) is 10.3 Å². The van der Waals surface area contributed by atoms with Crippen LogP contribution in [-0.2, 0) is 6.42 Å². The van der Waals surface area contributed by atoms with E-state index in [9.17, 15) is 13.6 Å². The molecule has 1 amide bonds. The molecule has 2 heterocycles. The highest BCUT2D eigenvalue weighted by molar-refractivity contribution is 6.10. The fourth-order valence-electron chi connectivity index (χ4n) is 3.93. The molecule has 0 radical (unpaired) electrons. The fourth-order valence-corrected chi connectivity index (χ4v) is 3.93. The molecule has 4 nitrogen and oxygen atoms in total. The van der Waals surface area contributed by atoms with Crippen LogP contribution in [0.5, 0.6) is 0 Å². The second-order valence-electron chi connectivity index (χ2n) is 7.29. The lowest BCUT2D eigenvalue weighted by molar-refractivity contribution is 0.0726. The van der Waals surface area contributed by atoms with Crippen molar-refractivity contribution >= 4 is 28.2 Å². The normalized spacial score (nSPS) is 14.2. The number of piperidine rings is 1. The number of pyridine rings is 1. The van der Waals surface area contributed by atoms with Crippen molar-refractivity contribution in [2.75, 3.05) is 18.4 Å². The zero-order chi connectivity index (χ0) is 20.4. The van der Waals surface area contributed by atoms with Crippen LogP contribution in [0.2, 0.25) is 0 Å². The SMILES string of the molecule is CCc1cccc2c(Nc3cccc(F)c3F)ncc(C(=O)N3CCCCC3)c12. The van der Waals surface area contributed by atoms with Gasteiger partial charge < -0.3 is 10.2 Å². The summed E-state index contributed by atoms with van der Waals surface area (Å²) in [5.41, 5.74) is 1.59. The van der Waals surface area contributed by atoms with Gasteiger partial charge >= 0.3 is 0 Å². The van der Waals surface area contributed by atoms with Crippen molar-refractivity contribution in [3.63, 3.8) is 0 Å². The van der Waals surface area contributed by atoms with Gasteiger partial charge in [0.25, 0.3) is 5.91 Å². The first-order valence-electron chi connectivity index (χ1n) is 10.0. The van der Waals surface area contributed by atoms with Crippen molar-refractivity contribution in [3.8, 4) is 0 Å². The third-order valence-electron chi connectivity index (χ3n) is 5.46. The molecule has 0 saturated carbocycles. The van der Waals surface area contributed by atoms with Crippen LogP contribution < -0.4 is 5.32 Å². The van der Waals surface area contributed by atoms with Crippen molar-refractivity contribution < 1.29 is 13.6 Å². The molecular weight excluding hydrogens is 372 g/mol. The van der Waals surface area contributed by atoms with Gasteiger partial charge in [0.2, 0.25) is 0 Å². The molecule has 0 aliphatic carbocycles. The molecule has 2 aromatic carbocycles. The number of anilines is 2. The average molecular weight is 395 g/mol. The molecule has 4 rings (SSSR count). The molecule has 150 valence electrons. The molecule has 3 aromatic rings. The first-order chi connectivity index (χ1) is 14.1. The van der Waals surface area contributed by atoms with E-state index in [0.717, 1.165) is 61.2 Å². The standard InChI is InChI=1S/C23H23F2N3O/c1-2-15-8-6-9-16-20(15)17(23(29)28-12-4-3-5-13-28)14-26-22(16)27-19-11-7-10-18(24)21(19)25/h6-11,14H,2-5,12-13H2,1H3,(H,26,27). The fraction of sp³-hybridized carbons (Fsp3) is 0.304. The second kappa shape index (κ2) is 8.15. The van der Waals surface area contributed by atoms with Crippen LogP contribution in [0, 0.1) is 11.6 Å². The number of amides is 1. The maximum absolute atomic E-state index is 14.2. The number of carbonyl (C=O) groups excluding carboxylic acids is 1. The minimum atomic E-state index is -0.956. The molecule has 1 N–H and O–H groups in total. The summed E-state index contributed by atoms with van der Waals surface area (Å²) in [7, 11) is 0. The second-order valence-corrected chi connectivity index (χ2v) is 7.29. The van der Waals surface area contributed by atoms with Gasteiger partial charge in [-0.25, -0.2) is 13.8 Å². The van der Waals surface area contributed by atoms with Crippen LogP contribution in [0.25, 0.3) is 10.8 Å². The van der Waals surface area contributed by atoms with Gasteiger partial charge in [0.1, 0.15) is 5.82 Å². The van der Waals surface area contributed by atoms with E-state index < -0.39 is 11.6 Å². The lowest BCUT2D eigenvalue weighted by atomic mass is 9.98. The number of nitrogens with zero attached hydrogens (tertiary/aromatic N) is 2. The minimum absolute atomic E-state index is 0.0100. The van der Waals surface area contributed by atoms with Crippen LogP contribution in [0.3, 0.4) is 0 Å². The summed E-state index contributed by atoms with van der Waals surface area (Å²) in [4.78, 5) is 19.5. The van der Waals surface area contributed by atoms with Crippen LogP contribution in [-0.4, -0.2) is 28.9 Å². The van der Waals surface area contributed by atoms with Gasteiger partial charge in [-0.05, 0) is 43.4 Å². The van der Waals surface area contributed by atoms with Crippen molar-refractivity contribution in [2.45, 2.75) is 32.6 Å². The lowest BCUT2D eigenvalue weighted by Gasteiger charge is -2.27. The highest BCUT2D eigenvalue weighted by Crippen LogP contribution is 2.32. The van der Waals surface area contributed by atoms with E-state index in [1.165, 1.54) is 12.1 Å². The molecule has 0 atom stereocenters. The number of carbonyl (C=O) groups is 1. The largest absolute Gasteiger partial charge is 0.339 e. The zero-order valence-electron chi connectivity index (χ0n) is 16.3. The Hall–Kier alpha value is -3.02. The summed E-state index contributed by atoms with van der Waals surface area (Å²) in [6.45, 7) is 3.54. The highest BCUT2D eigenvalue weighted by Gasteiger charge is 2.23. The molecule has 0 bridgehead atoms. The van der Waals surface area contributed by atoms with Gasteiger partial charge in [-0.15, -0.1) is 0 Å². The summed E-state index contributed by atoms with van der Waals surface area (Å²) < 4.78 is 27.8. The number of fused-ring (bicyclic) bond motifs is 1. The number of rotatable bonds is 4. The number of aryl methyl sites for hydroxylation is 1. The van der Waals surface area contributed by atoms with Crippen LogP contribution in [0.15, 0.2) is 42.6 Å². The van der Waals surface area contributed by atoms with Gasteiger partial charge in [0.15, 0.2) is 11.6 Å². The maximum atomic E-state index is 14.2. The van der Waals surface area contributed by atoms with Crippen molar-refractivity contribution in [2.24, 2.45) is 0 Å². The molecule has 1 aliphatic rings. The number of nitrogens with one attached hydrogen (secondary N) is 1. The van der Waals surface area contributed by atoms with Gasteiger partial charge in [0.05, 0.1) is 11.3 Å². The number of likely N-dealkylation sites (tertiary alicyclic amines) is 1. The van der Waals surface area contributed by atoms with Crippen molar-refractivity contribution in [1.82, 2.24) is 9.88 Å². The predicted molar refractivity (Wildman–Crippen MR) is 111 cm³/mol. The third-order valence-corrected chi connectivity index (χ3v) is 5.46. The molecule has 0 unspecified atom stereocenters. The molecular formula is C23H23F2N3O. The van der Waals surface area contributed by atoms with Gasteiger partial charge in [-0.3, -0.25) is 4.79 Å². The number of hydrogen-bond donors (Lipinski definition) is 1. The third kappa shape index (κ3) is 3.67. The predicted octanol–water partition coefficient (Wildman–Crippen LogP) is 5.45. The first kappa shape index (κ1) is 19.3. The smallest absolute Gasteiger partial charge is 0.256 e. The van der Waals surface area contributed by atoms with E-state index in [0.29, 0.717) is 11.4 Å². The number of halogens is 2. The highest BCUT2D eigenvalue weighted by atomic mass is 19.2. The Kier molecular flexibility index (Phi) is 5.43. The van der Waals surface area contributed by atoms with E-state index in [-0.39, 0.29) is 11.6 Å². The van der Waals surface area contributed by atoms with Gasteiger partial charge in [-0.2, -0.15) is 0 Å². The quantitative estimate of drug-likeness (QED) is 0.639. The van der Waals surface area contributed by atoms with E-state index in [1.807, 2.05) is 30.0 Å². The Balaban J connectivity index is 1.82. The van der Waals surface area contributed by atoms with Crippen molar-refractivity contribution in [1.29, 1.82) is 0 Å². The minimum Gasteiger partial charge on any atom is -0.339 e. The molecule has 1 aromatic heterocycles. The Morgan fingerprint density at radius 1 is 1.10 bits per heavy atom. The number of benzene rings is 2. The molecule has 1 aliphatic heterocycles. The Bertz CT molecular complexity index is 1060. The van der Waals surface area contributed by atoms with Crippen molar-refractivity contribution in [3.05, 3.63) is 65.4 Å². The first-order valence-corrected chi connectivity index (χ1v) is 10.0. The summed E-state index contributed by atoms with van der Waals surface area (Å²) in [6.07, 6.45) is 5.46. The zero-order valence-corrected chi connectivity index (χ0v) is 16.3. The summed E-state index contributed by atoms with van der Waals surface area (Å²) in [6, 6.07) is 9.71. The topological polar surface area (TPSA) is 45.2 Å². The Morgan fingerprint density at radius 3 is 2.62 bits per heavy atom. The monoisotopic (exact) mass is 395 g/mol. The molecule has 29 heavy (non-hydrogen) atoms. The average Bonchev–Trinajstić information content (AvgIpc) is 2.76. The van der Waals surface area contributed by atoms with Gasteiger partial charge in [-0.1, -0.05) is 31.2 Å². The summed E-state index contributed by atoms with van der Waals surface area (Å²) >= 11 is 0. The number of aromatic nitrogens is 1. The summed E-state index contributed by atoms with van der Waals surface area (Å²) in [5.74, 6) is -1.51. The molecule has 6 heteroatoms. The van der Waals surface area contributed by atoms with Gasteiger partial charge in [0, 0.05) is 30.1 Å². The van der Waals surface area contributed by atoms with E-state index in [1.54, 1.807) is 6.20 Å². The Labute approximate surface area is 168 Å². The van der Waals surface area contributed by atoms with Crippen LogP contribution >= 0.6 is 0 Å². The molecule has 1 saturated heterocycles.